The molecule has 0 spiro atoms. The van der Waals surface area contributed by atoms with Gasteiger partial charge in [-0.15, -0.1) is 0 Å². The molecule has 3 rings (SSSR count). The summed E-state index contributed by atoms with van der Waals surface area (Å²) < 4.78 is 70.5. The number of hydrogen-bond donors (Lipinski definition) is 0. The number of ether oxygens (including phenoxy) is 1. The molecule has 0 aromatic heterocycles. The molecule has 1 aliphatic rings. The van der Waals surface area contributed by atoms with Crippen molar-refractivity contribution in [2.45, 2.75) is 23.9 Å². The number of alkyl halides is 3. The molecule has 2 aromatic carbocycles. The van der Waals surface area contributed by atoms with E-state index in [1.165, 1.54) is 18.2 Å². The Morgan fingerprint density at radius 2 is 1.73 bits per heavy atom. The molecule has 1 aliphatic heterocycles. The SMILES string of the molecule is O=C(Oc1ccc(Cl)cc1Cl)C1CCN(S(=O)(=O)c2cccc(C(F)(F)F)c2)CC1. The van der Waals surface area contributed by atoms with Gasteiger partial charge < -0.3 is 4.74 Å². The van der Waals surface area contributed by atoms with Gasteiger partial charge in [0.2, 0.25) is 10.0 Å². The Labute approximate surface area is 181 Å². The van der Waals surface area contributed by atoms with E-state index in [1.54, 1.807) is 0 Å². The zero-order valence-corrected chi connectivity index (χ0v) is 17.7. The summed E-state index contributed by atoms with van der Waals surface area (Å²) in [6.45, 7) is -0.0423. The number of carbonyl (C=O) groups excluding carboxylic acids is 1. The summed E-state index contributed by atoms with van der Waals surface area (Å²) in [5.74, 6) is -0.981. The lowest BCUT2D eigenvalue weighted by atomic mass is 9.98. The molecule has 0 saturated carbocycles. The summed E-state index contributed by atoms with van der Waals surface area (Å²) in [5, 5.41) is 0.549. The first-order valence-electron chi connectivity index (χ1n) is 8.82. The van der Waals surface area contributed by atoms with Gasteiger partial charge in [0, 0.05) is 18.1 Å². The van der Waals surface area contributed by atoms with Crippen molar-refractivity contribution in [1.29, 1.82) is 0 Å². The van der Waals surface area contributed by atoms with Crippen molar-refractivity contribution in [1.82, 2.24) is 4.31 Å². The molecular weight excluding hydrogens is 466 g/mol. The minimum Gasteiger partial charge on any atom is -0.425 e. The van der Waals surface area contributed by atoms with Crippen molar-refractivity contribution < 1.29 is 31.1 Å². The topological polar surface area (TPSA) is 63.7 Å². The first-order chi connectivity index (χ1) is 14.0. The number of hydrogen-bond acceptors (Lipinski definition) is 4. The fourth-order valence-electron chi connectivity index (χ4n) is 3.06. The molecular formula is C19H16Cl2F3NO4S. The number of nitrogens with zero attached hydrogens (tertiary/aromatic N) is 1. The van der Waals surface area contributed by atoms with Crippen LogP contribution in [-0.2, 0) is 21.0 Å². The standard InChI is InChI=1S/C19H16Cl2F3NO4S/c20-14-4-5-17(16(21)11-14)29-18(26)12-6-8-25(9-7-12)30(27,28)15-3-1-2-13(10-15)19(22,23)24/h1-5,10-12H,6-9H2. The third-order valence-electron chi connectivity index (χ3n) is 4.69. The maximum atomic E-state index is 12.9. The molecule has 0 radical (unpaired) electrons. The molecule has 30 heavy (non-hydrogen) atoms. The molecule has 1 heterocycles. The van der Waals surface area contributed by atoms with Crippen molar-refractivity contribution in [3.63, 3.8) is 0 Å². The Bertz CT molecular complexity index is 1050. The zero-order valence-electron chi connectivity index (χ0n) is 15.3. The summed E-state index contributed by atoms with van der Waals surface area (Å²) in [4.78, 5) is 11.9. The van der Waals surface area contributed by atoms with Gasteiger partial charge in [-0.2, -0.15) is 17.5 Å². The lowest BCUT2D eigenvalue weighted by molar-refractivity contribution is -0.140. The van der Waals surface area contributed by atoms with Crippen LogP contribution in [0.4, 0.5) is 13.2 Å². The van der Waals surface area contributed by atoms with Gasteiger partial charge in [-0.1, -0.05) is 29.3 Å². The molecule has 0 bridgehead atoms. The molecule has 0 amide bonds. The summed E-state index contributed by atoms with van der Waals surface area (Å²) in [6.07, 6.45) is -4.31. The van der Waals surface area contributed by atoms with Crippen LogP contribution in [0.15, 0.2) is 47.4 Å². The fourth-order valence-corrected chi connectivity index (χ4v) is 5.03. The first-order valence-corrected chi connectivity index (χ1v) is 11.0. The van der Waals surface area contributed by atoms with Crippen LogP contribution in [0, 0.1) is 5.92 Å². The van der Waals surface area contributed by atoms with Crippen LogP contribution < -0.4 is 4.74 Å². The van der Waals surface area contributed by atoms with Crippen molar-refractivity contribution in [3.05, 3.63) is 58.1 Å². The van der Waals surface area contributed by atoms with Crippen LogP contribution >= 0.6 is 23.2 Å². The largest absolute Gasteiger partial charge is 0.425 e. The third-order valence-corrected chi connectivity index (χ3v) is 7.12. The molecule has 1 fully saturated rings. The Kier molecular flexibility index (Phi) is 6.66. The summed E-state index contributed by atoms with van der Waals surface area (Å²) in [6, 6.07) is 7.98. The minimum atomic E-state index is -4.65. The van der Waals surface area contributed by atoms with Gasteiger partial charge in [-0.05, 0) is 49.2 Å². The highest BCUT2D eigenvalue weighted by Crippen LogP contribution is 2.33. The summed E-state index contributed by atoms with van der Waals surface area (Å²) in [7, 11) is -4.12. The van der Waals surface area contributed by atoms with E-state index < -0.39 is 38.5 Å². The van der Waals surface area contributed by atoms with Crippen molar-refractivity contribution >= 4 is 39.2 Å². The van der Waals surface area contributed by atoms with Crippen molar-refractivity contribution in [2.75, 3.05) is 13.1 Å². The van der Waals surface area contributed by atoms with E-state index in [2.05, 4.69) is 0 Å². The molecule has 2 aromatic rings. The molecule has 1 saturated heterocycles. The van der Waals surface area contributed by atoms with Crippen LogP contribution in [0.25, 0.3) is 0 Å². The van der Waals surface area contributed by atoms with E-state index in [1.807, 2.05) is 0 Å². The predicted octanol–water partition coefficient (Wildman–Crippen LogP) is 5.02. The molecule has 0 atom stereocenters. The molecule has 5 nitrogen and oxygen atoms in total. The Morgan fingerprint density at radius 3 is 2.33 bits per heavy atom. The fraction of sp³-hybridized carbons (Fsp3) is 0.316. The maximum Gasteiger partial charge on any atom is 0.416 e. The van der Waals surface area contributed by atoms with E-state index in [4.69, 9.17) is 27.9 Å². The van der Waals surface area contributed by atoms with Gasteiger partial charge in [0.1, 0.15) is 5.75 Å². The van der Waals surface area contributed by atoms with Crippen molar-refractivity contribution in [3.8, 4) is 5.75 Å². The van der Waals surface area contributed by atoms with E-state index in [9.17, 15) is 26.4 Å². The highest BCUT2D eigenvalue weighted by molar-refractivity contribution is 7.89. The Morgan fingerprint density at radius 1 is 1.07 bits per heavy atom. The second-order valence-corrected chi connectivity index (χ2v) is 9.48. The average Bonchev–Trinajstić information content (AvgIpc) is 2.69. The molecule has 11 heteroatoms. The van der Waals surface area contributed by atoms with E-state index in [0.29, 0.717) is 11.1 Å². The van der Waals surface area contributed by atoms with Gasteiger partial charge in [-0.25, -0.2) is 8.42 Å². The molecule has 0 N–H and O–H groups in total. The number of carbonyl (C=O) groups is 1. The van der Waals surface area contributed by atoms with E-state index in [0.717, 1.165) is 22.5 Å². The Balaban J connectivity index is 1.66. The van der Waals surface area contributed by atoms with Crippen LogP contribution in [0.3, 0.4) is 0 Å². The average molecular weight is 482 g/mol. The van der Waals surface area contributed by atoms with Crippen LogP contribution in [-0.4, -0.2) is 31.8 Å². The second-order valence-electron chi connectivity index (χ2n) is 6.70. The number of esters is 1. The van der Waals surface area contributed by atoms with Gasteiger partial charge in [-0.3, -0.25) is 4.79 Å². The molecule has 0 unspecified atom stereocenters. The predicted molar refractivity (Wildman–Crippen MR) is 105 cm³/mol. The minimum absolute atomic E-state index is 0.0211. The third kappa shape index (κ3) is 5.08. The second kappa shape index (κ2) is 8.74. The smallest absolute Gasteiger partial charge is 0.416 e. The molecule has 0 aliphatic carbocycles. The van der Waals surface area contributed by atoms with Crippen LogP contribution in [0.1, 0.15) is 18.4 Å². The maximum absolute atomic E-state index is 12.9. The quantitative estimate of drug-likeness (QED) is 0.454. The van der Waals surface area contributed by atoms with Gasteiger partial charge in [0.05, 0.1) is 21.4 Å². The lowest BCUT2D eigenvalue weighted by Gasteiger charge is -2.30. The van der Waals surface area contributed by atoms with E-state index >= 15 is 0 Å². The normalized spacial score (nSPS) is 16.4. The highest BCUT2D eigenvalue weighted by atomic mass is 35.5. The number of sulfonamides is 1. The number of halogens is 5. The van der Waals surface area contributed by atoms with E-state index in [-0.39, 0.29) is 36.7 Å². The van der Waals surface area contributed by atoms with Gasteiger partial charge in [0.25, 0.3) is 0 Å². The number of benzene rings is 2. The summed E-state index contributed by atoms with van der Waals surface area (Å²) in [5.41, 5.74) is -1.04. The van der Waals surface area contributed by atoms with Crippen molar-refractivity contribution in [2.24, 2.45) is 5.92 Å². The van der Waals surface area contributed by atoms with Gasteiger partial charge in [0.15, 0.2) is 0 Å². The zero-order chi connectivity index (χ0) is 22.1. The summed E-state index contributed by atoms with van der Waals surface area (Å²) >= 11 is 11.8. The first kappa shape index (κ1) is 22.9. The van der Waals surface area contributed by atoms with Crippen LogP contribution in [0.2, 0.25) is 10.0 Å². The van der Waals surface area contributed by atoms with Crippen LogP contribution in [0.5, 0.6) is 5.75 Å². The monoisotopic (exact) mass is 481 g/mol. The molecule has 162 valence electrons. The number of rotatable bonds is 4. The Hall–Kier alpha value is -1.81. The lowest BCUT2D eigenvalue weighted by Crippen LogP contribution is -2.41. The number of piperidine rings is 1. The highest BCUT2D eigenvalue weighted by Gasteiger charge is 2.35. The van der Waals surface area contributed by atoms with Gasteiger partial charge >= 0.3 is 12.1 Å².